The number of carbonyl (C=O) groups is 1. The normalized spacial score (nSPS) is 10.9. The summed E-state index contributed by atoms with van der Waals surface area (Å²) in [6, 6.07) is 7.98. The van der Waals surface area contributed by atoms with Gasteiger partial charge in [0.25, 0.3) is 0 Å². The molecule has 0 saturated heterocycles. The van der Waals surface area contributed by atoms with E-state index in [2.05, 4.69) is 18.0 Å². The molecule has 2 nitrogen and oxygen atoms in total. The number of benzene rings is 1. The van der Waals surface area contributed by atoms with Gasteiger partial charge in [0.05, 0.1) is 0 Å². The van der Waals surface area contributed by atoms with E-state index in [1.165, 1.54) is 36.8 Å². The quantitative estimate of drug-likeness (QED) is 0.587. The Kier molecular flexibility index (Phi) is 3.97. The lowest BCUT2D eigenvalue weighted by molar-refractivity contribution is 0.112. The average Bonchev–Trinajstić information content (AvgIpc) is 2.76. The molecule has 2 heteroatoms. The Morgan fingerprint density at radius 1 is 1.18 bits per heavy atom. The highest BCUT2D eigenvalue weighted by Gasteiger charge is 2.01. The molecule has 0 atom stereocenters. The van der Waals surface area contributed by atoms with Crippen molar-refractivity contribution < 1.29 is 4.79 Å². The van der Waals surface area contributed by atoms with E-state index in [9.17, 15) is 4.79 Å². The SMILES string of the molecule is CCCCCCc1cc2ccc(C=O)cc2[nH]1. The number of aromatic nitrogens is 1. The standard InChI is InChI=1S/C15H19NO/c1-2-3-4-5-6-14-10-13-8-7-12(11-17)9-15(13)16-14/h7-11,16H,2-6H2,1H3. The first-order valence-electron chi connectivity index (χ1n) is 6.40. The minimum atomic E-state index is 0.733. The third-order valence-electron chi connectivity index (χ3n) is 3.14. The van der Waals surface area contributed by atoms with Gasteiger partial charge in [0.1, 0.15) is 6.29 Å². The van der Waals surface area contributed by atoms with Crippen molar-refractivity contribution in [1.82, 2.24) is 4.98 Å². The molecule has 0 aliphatic heterocycles. The molecule has 0 fully saturated rings. The number of fused-ring (bicyclic) bond motifs is 1. The van der Waals surface area contributed by atoms with Crippen molar-refractivity contribution in [2.75, 3.05) is 0 Å². The van der Waals surface area contributed by atoms with Crippen LogP contribution in [0.1, 0.15) is 48.7 Å². The number of carbonyl (C=O) groups excluding carboxylic acids is 1. The summed E-state index contributed by atoms with van der Waals surface area (Å²) in [5.74, 6) is 0. The predicted molar refractivity (Wildman–Crippen MR) is 71.5 cm³/mol. The second-order valence-corrected chi connectivity index (χ2v) is 4.57. The molecular formula is C15H19NO. The maximum atomic E-state index is 10.7. The molecular weight excluding hydrogens is 210 g/mol. The van der Waals surface area contributed by atoms with Crippen molar-refractivity contribution in [1.29, 1.82) is 0 Å². The highest BCUT2D eigenvalue weighted by Crippen LogP contribution is 2.18. The van der Waals surface area contributed by atoms with Crippen molar-refractivity contribution in [3.8, 4) is 0 Å². The van der Waals surface area contributed by atoms with E-state index in [0.717, 1.165) is 23.8 Å². The van der Waals surface area contributed by atoms with Crippen LogP contribution in [0.5, 0.6) is 0 Å². The summed E-state index contributed by atoms with van der Waals surface area (Å²) in [5, 5.41) is 1.20. The number of unbranched alkanes of at least 4 members (excludes halogenated alkanes) is 3. The molecule has 1 aromatic carbocycles. The molecule has 0 bridgehead atoms. The highest BCUT2D eigenvalue weighted by molar-refractivity contribution is 5.87. The molecule has 0 aliphatic rings. The van der Waals surface area contributed by atoms with Crippen LogP contribution in [-0.4, -0.2) is 11.3 Å². The molecule has 90 valence electrons. The number of hydrogen-bond donors (Lipinski definition) is 1. The maximum absolute atomic E-state index is 10.7. The Balaban J connectivity index is 2.06. The van der Waals surface area contributed by atoms with Crippen LogP contribution in [0, 0.1) is 0 Å². The van der Waals surface area contributed by atoms with E-state index in [4.69, 9.17) is 0 Å². The first kappa shape index (κ1) is 11.9. The molecule has 0 unspecified atom stereocenters. The Labute approximate surface area is 102 Å². The monoisotopic (exact) mass is 229 g/mol. The zero-order valence-electron chi connectivity index (χ0n) is 10.3. The van der Waals surface area contributed by atoms with Crippen LogP contribution in [0.2, 0.25) is 0 Å². The lowest BCUT2D eigenvalue weighted by Crippen LogP contribution is -1.85. The molecule has 1 heterocycles. The van der Waals surface area contributed by atoms with Crippen LogP contribution < -0.4 is 0 Å². The van der Waals surface area contributed by atoms with Crippen molar-refractivity contribution >= 4 is 17.2 Å². The van der Waals surface area contributed by atoms with E-state index in [1.807, 2.05) is 18.2 Å². The van der Waals surface area contributed by atoms with Gasteiger partial charge >= 0.3 is 0 Å². The van der Waals surface area contributed by atoms with E-state index in [-0.39, 0.29) is 0 Å². The number of aryl methyl sites for hydroxylation is 1. The zero-order chi connectivity index (χ0) is 12.1. The molecule has 1 aromatic heterocycles. The Morgan fingerprint density at radius 3 is 2.82 bits per heavy atom. The molecule has 2 rings (SSSR count). The summed E-state index contributed by atoms with van der Waals surface area (Å²) in [6.45, 7) is 2.23. The second kappa shape index (κ2) is 5.67. The lowest BCUT2D eigenvalue weighted by atomic mass is 10.1. The third-order valence-corrected chi connectivity index (χ3v) is 3.14. The van der Waals surface area contributed by atoms with Crippen molar-refractivity contribution in [3.63, 3.8) is 0 Å². The molecule has 0 aliphatic carbocycles. The fourth-order valence-electron chi connectivity index (χ4n) is 2.15. The molecule has 1 N–H and O–H groups in total. The predicted octanol–water partition coefficient (Wildman–Crippen LogP) is 4.10. The summed E-state index contributed by atoms with van der Waals surface area (Å²) >= 11 is 0. The summed E-state index contributed by atoms with van der Waals surface area (Å²) in [5.41, 5.74) is 3.08. The zero-order valence-corrected chi connectivity index (χ0v) is 10.3. The fourth-order valence-corrected chi connectivity index (χ4v) is 2.15. The first-order valence-corrected chi connectivity index (χ1v) is 6.40. The smallest absolute Gasteiger partial charge is 0.150 e. The van der Waals surface area contributed by atoms with E-state index < -0.39 is 0 Å². The van der Waals surface area contributed by atoms with Crippen LogP contribution >= 0.6 is 0 Å². The third kappa shape index (κ3) is 2.96. The van der Waals surface area contributed by atoms with Crippen LogP contribution in [0.4, 0.5) is 0 Å². The summed E-state index contributed by atoms with van der Waals surface area (Å²) < 4.78 is 0. The summed E-state index contributed by atoms with van der Waals surface area (Å²) in [7, 11) is 0. The minimum absolute atomic E-state index is 0.733. The Morgan fingerprint density at radius 2 is 2.06 bits per heavy atom. The summed E-state index contributed by atoms with van der Waals surface area (Å²) in [6.07, 6.45) is 7.11. The van der Waals surface area contributed by atoms with Gasteiger partial charge < -0.3 is 4.98 Å². The second-order valence-electron chi connectivity index (χ2n) is 4.57. The molecule has 0 radical (unpaired) electrons. The molecule has 0 saturated carbocycles. The topological polar surface area (TPSA) is 32.9 Å². The van der Waals surface area contributed by atoms with Gasteiger partial charge in [-0.1, -0.05) is 38.3 Å². The van der Waals surface area contributed by atoms with Gasteiger partial charge in [0, 0.05) is 16.8 Å². The molecule has 0 amide bonds. The number of aldehydes is 1. The van der Waals surface area contributed by atoms with Gasteiger partial charge in [0.2, 0.25) is 0 Å². The van der Waals surface area contributed by atoms with Gasteiger partial charge in [-0.05, 0) is 30.4 Å². The van der Waals surface area contributed by atoms with Crippen LogP contribution in [0.3, 0.4) is 0 Å². The van der Waals surface area contributed by atoms with Gasteiger partial charge in [-0.3, -0.25) is 4.79 Å². The number of hydrogen-bond acceptors (Lipinski definition) is 1. The largest absolute Gasteiger partial charge is 0.358 e. The maximum Gasteiger partial charge on any atom is 0.150 e. The molecule has 17 heavy (non-hydrogen) atoms. The van der Waals surface area contributed by atoms with Crippen molar-refractivity contribution in [2.24, 2.45) is 0 Å². The van der Waals surface area contributed by atoms with Crippen LogP contribution in [-0.2, 0) is 6.42 Å². The minimum Gasteiger partial charge on any atom is -0.358 e. The highest BCUT2D eigenvalue weighted by atomic mass is 16.1. The lowest BCUT2D eigenvalue weighted by Gasteiger charge is -1.97. The van der Waals surface area contributed by atoms with Crippen molar-refractivity contribution in [3.05, 3.63) is 35.5 Å². The van der Waals surface area contributed by atoms with Crippen LogP contribution in [0.25, 0.3) is 10.9 Å². The number of rotatable bonds is 6. The van der Waals surface area contributed by atoms with E-state index in [0.29, 0.717) is 0 Å². The number of aromatic amines is 1. The van der Waals surface area contributed by atoms with Gasteiger partial charge in [-0.15, -0.1) is 0 Å². The summed E-state index contributed by atoms with van der Waals surface area (Å²) in [4.78, 5) is 14.1. The van der Waals surface area contributed by atoms with E-state index in [1.54, 1.807) is 0 Å². The number of nitrogens with one attached hydrogen (secondary N) is 1. The molecule has 0 spiro atoms. The fraction of sp³-hybridized carbons (Fsp3) is 0.400. The Hall–Kier alpha value is -1.57. The van der Waals surface area contributed by atoms with Gasteiger partial charge in [-0.25, -0.2) is 0 Å². The average molecular weight is 229 g/mol. The van der Waals surface area contributed by atoms with Crippen LogP contribution in [0.15, 0.2) is 24.3 Å². The molecule has 2 aromatic rings. The number of H-pyrrole nitrogens is 1. The van der Waals surface area contributed by atoms with E-state index >= 15 is 0 Å². The van der Waals surface area contributed by atoms with Crippen molar-refractivity contribution in [2.45, 2.75) is 39.0 Å². The first-order chi connectivity index (χ1) is 8.33. The van der Waals surface area contributed by atoms with Gasteiger partial charge in [-0.2, -0.15) is 0 Å². The van der Waals surface area contributed by atoms with Gasteiger partial charge in [0.15, 0.2) is 0 Å². The Bertz CT molecular complexity index is 499.